The Morgan fingerprint density at radius 3 is 2.29 bits per heavy atom. The number of rotatable bonds is 4. The summed E-state index contributed by atoms with van der Waals surface area (Å²) in [7, 11) is 8.26. The normalized spacial score (nSPS) is 26.8. The summed E-state index contributed by atoms with van der Waals surface area (Å²) in [5.41, 5.74) is 3.48. The zero-order valence-corrected chi connectivity index (χ0v) is 21.7. The summed E-state index contributed by atoms with van der Waals surface area (Å²) >= 11 is -0.181. The van der Waals surface area contributed by atoms with Gasteiger partial charge in [-0.1, -0.05) is 64.2 Å². The summed E-state index contributed by atoms with van der Waals surface area (Å²) in [4.78, 5) is 4.77. The van der Waals surface area contributed by atoms with Crippen molar-refractivity contribution in [3.63, 3.8) is 0 Å². The van der Waals surface area contributed by atoms with Crippen molar-refractivity contribution >= 4 is 39.1 Å². The number of fused-ring (bicyclic) bond motifs is 1. The monoisotopic (exact) mass is 474 g/mol. The van der Waals surface area contributed by atoms with Gasteiger partial charge in [0.1, 0.15) is 0 Å². The molecule has 5 heteroatoms. The van der Waals surface area contributed by atoms with E-state index in [4.69, 9.17) is 25.1 Å². The van der Waals surface area contributed by atoms with Crippen molar-refractivity contribution in [3.8, 4) is 0 Å². The van der Waals surface area contributed by atoms with Crippen LogP contribution in [-0.2, 0) is 13.4 Å². The summed E-state index contributed by atoms with van der Waals surface area (Å²) in [6.45, 7) is 16.6. The van der Waals surface area contributed by atoms with Gasteiger partial charge >= 0.3 is 33.5 Å². The fraction of sp³-hybridized carbons (Fsp3) is 0.478. The van der Waals surface area contributed by atoms with Gasteiger partial charge in [0.15, 0.2) is 0 Å². The van der Waals surface area contributed by atoms with Gasteiger partial charge < -0.3 is 7.43 Å². The summed E-state index contributed by atoms with van der Waals surface area (Å²) in [5.74, 6) is 2.85. The minimum absolute atomic E-state index is 0. The molecule has 1 aliphatic rings. The number of halogens is 2. The predicted octanol–water partition coefficient (Wildman–Crippen LogP) is 8.33. The Bertz CT molecular complexity index is 762. The summed E-state index contributed by atoms with van der Waals surface area (Å²) < 4.78 is 0. The maximum atomic E-state index is 4.83. The zero-order chi connectivity index (χ0) is 20.2. The molecule has 0 N–H and O–H groups in total. The van der Waals surface area contributed by atoms with Crippen LogP contribution in [0.5, 0.6) is 0 Å². The topological polar surface area (TPSA) is 12.9 Å². The van der Waals surface area contributed by atoms with Gasteiger partial charge in [-0.05, 0) is 46.9 Å². The average Bonchev–Trinajstić information content (AvgIpc) is 2.86. The molecule has 1 nitrogen and oxygen atoms in total. The summed E-state index contributed by atoms with van der Waals surface area (Å²) in [5, 5.41) is 1.27. The molecule has 1 fully saturated rings. The van der Waals surface area contributed by atoms with Gasteiger partial charge in [0.05, 0.1) is 13.6 Å². The molecule has 1 aliphatic carbocycles. The summed E-state index contributed by atoms with van der Waals surface area (Å²) in [6.07, 6.45) is 4.10. The Morgan fingerprint density at radius 1 is 1.07 bits per heavy atom. The minimum atomic E-state index is -1.40. The zero-order valence-electron chi connectivity index (χ0n) is 18.0. The van der Waals surface area contributed by atoms with E-state index in [0.29, 0.717) is 11.8 Å². The van der Waals surface area contributed by atoms with Crippen molar-refractivity contribution < 1.29 is 13.4 Å². The second-order valence-corrected chi connectivity index (χ2v) is 15.7. The molecule has 0 bridgehead atoms. The molecule has 5 unspecified atom stereocenters. The van der Waals surface area contributed by atoms with Crippen LogP contribution in [-0.4, -0.2) is 13.1 Å². The van der Waals surface area contributed by atoms with E-state index in [2.05, 4.69) is 70.8 Å². The molecule has 155 valence electrons. The molecule has 2 aromatic rings. The predicted molar refractivity (Wildman–Crippen MR) is 126 cm³/mol. The van der Waals surface area contributed by atoms with Crippen molar-refractivity contribution in [1.82, 2.24) is 4.98 Å². The molecule has 3 rings (SSSR count). The third-order valence-electron chi connectivity index (χ3n) is 6.77. The van der Waals surface area contributed by atoms with E-state index in [0.717, 1.165) is 17.4 Å². The van der Waals surface area contributed by atoms with Crippen molar-refractivity contribution in [2.75, 3.05) is 0 Å². The first kappa shape index (κ1) is 25.7. The molecule has 1 saturated carbocycles. The van der Waals surface area contributed by atoms with Crippen molar-refractivity contribution in [3.05, 3.63) is 62.2 Å². The summed E-state index contributed by atoms with van der Waals surface area (Å²) in [6, 6.07) is 12.2. The Morgan fingerprint density at radius 2 is 1.68 bits per heavy atom. The molecular formula is C23H34Cl2CrNSi. The number of allylic oxidation sites excluding steroid dienone is 1. The van der Waals surface area contributed by atoms with Crippen LogP contribution in [0.3, 0.4) is 0 Å². The van der Waals surface area contributed by atoms with Gasteiger partial charge in [-0.3, -0.25) is 4.98 Å². The number of hydrogen-bond donors (Lipinski definition) is 0. The van der Waals surface area contributed by atoms with Gasteiger partial charge in [-0.25, -0.2) is 0 Å². The standard InChI is InChI=1S/C22H31NSi.CH3.2ClH.Cr/c1-7-14-24(5,6)22-17(4)15(2)16(3)20(22)19-12-8-10-18-11-9-13-23-21(18)19;;;;/h7-13,15-17,20,22H,1,14H2,2-6H3;1H3;2*1H;/q;-1;;;+3/p-2. The van der Waals surface area contributed by atoms with Gasteiger partial charge in [0.25, 0.3) is 0 Å². The number of pyridine rings is 1. The van der Waals surface area contributed by atoms with Crippen LogP contribution in [0.25, 0.3) is 10.9 Å². The fourth-order valence-corrected chi connectivity index (χ4v) is 9.56. The van der Waals surface area contributed by atoms with Crippen molar-refractivity contribution in [2.45, 2.75) is 51.4 Å². The first-order valence-electron chi connectivity index (χ1n) is 9.64. The third-order valence-corrected chi connectivity index (χ3v) is 10.8. The number of nitrogens with zero attached hydrogens (tertiary/aromatic N) is 1. The van der Waals surface area contributed by atoms with Crippen LogP contribution < -0.4 is 0 Å². The molecule has 0 saturated heterocycles. The SMILES string of the molecule is C=CC[Si](C)(C)C1C(C)C(C)C(C)C1c1cccc2cccnc12.[CH3-].[Cl][Cr+][Cl]. The van der Waals surface area contributed by atoms with Crippen LogP contribution in [0.2, 0.25) is 24.7 Å². The molecule has 1 aromatic heterocycles. The third kappa shape index (κ3) is 5.24. The van der Waals surface area contributed by atoms with E-state index in [9.17, 15) is 0 Å². The molecule has 28 heavy (non-hydrogen) atoms. The first-order chi connectivity index (χ1) is 12.8. The van der Waals surface area contributed by atoms with E-state index < -0.39 is 8.07 Å². The second kappa shape index (κ2) is 11.2. The van der Waals surface area contributed by atoms with Gasteiger partial charge in [0.2, 0.25) is 0 Å². The van der Waals surface area contributed by atoms with E-state index in [-0.39, 0.29) is 20.8 Å². The molecule has 1 aromatic carbocycles. The van der Waals surface area contributed by atoms with Gasteiger partial charge in [0, 0.05) is 11.6 Å². The van der Waals surface area contributed by atoms with E-state index in [1.165, 1.54) is 22.5 Å². The second-order valence-electron chi connectivity index (χ2n) is 8.59. The first-order valence-corrected chi connectivity index (χ1v) is 16.4. The average molecular weight is 476 g/mol. The number of benzene rings is 1. The molecule has 0 amide bonds. The molecule has 5 atom stereocenters. The Balaban J connectivity index is 0.000000921. The Labute approximate surface area is 188 Å². The van der Waals surface area contributed by atoms with Gasteiger partial charge in [-0.2, -0.15) is 0 Å². The van der Waals surface area contributed by atoms with E-state index in [1.54, 1.807) is 0 Å². The molecule has 0 spiro atoms. The van der Waals surface area contributed by atoms with Crippen LogP contribution in [0.1, 0.15) is 32.3 Å². The quantitative estimate of drug-likeness (QED) is 0.246. The van der Waals surface area contributed by atoms with E-state index >= 15 is 0 Å². The molecule has 0 aliphatic heterocycles. The molecule has 1 heterocycles. The number of hydrogen-bond acceptors (Lipinski definition) is 1. The number of para-hydroxylation sites is 1. The molecular weight excluding hydrogens is 441 g/mol. The molecule has 0 radical (unpaired) electrons. The van der Waals surface area contributed by atoms with Crippen molar-refractivity contribution in [2.24, 2.45) is 17.8 Å². The fourth-order valence-electron chi connectivity index (χ4n) is 5.37. The maximum absolute atomic E-state index is 4.83. The Hall–Kier alpha value is -0.301. The van der Waals surface area contributed by atoms with Crippen LogP contribution in [0.4, 0.5) is 0 Å². The van der Waals surface area contributed by atoms with Crippen LogP contribution >= 0.6 is 20.1 Å². The van der Waals surface area contributed by atoms with Crippen LogP contribution in [0.15, 0.2) is 49.2 Å². The number of aromatic nitrogens is 1. The van der Waals surface area contributed by atoms with E-state index in [1.807, 2.05) is 12.3 Å². The Kier molecular flexibility index (Phi) is 10.3. The van der Waals surface area contributed by atoms with Crippen LogP contribution in [0, 0.1) is 25.2 Å². The van der Waals surface area contributed by atoms with Crippen molar-refractivity contribution in [1.29, 1.82) is 0 Å². The van der Waals surface area contributed by atoms with Gasteiger partial charge in [-0.15, -0.1) is 6.58 Å².